The summed E-state index contributed by atoms with van der Waals surface area (Å²) in [5, 5.41) is 11.4. The average molecular weight is 290 g/mol. The molecule has 7 heteroatoms. The summed E-state index contributed by atoms with van der Waals surface area (Å²) < 4.78 is 0. The van der Waals surface area contributed by atoms with E-state index in [1.807, 2.05) is 32.0 Å². The summed E-state index contributed by atoms with van der Waals surface area (Å²) in [6.07, 6.45) is 0. The molecule has 0 unspecified atom stereocenters. The third kappa shape index (κ3) is 2.88. The zero-order valence-corrected chi connectivity index (χ0v) is 12.2. The molecule has 2 aromatic rings. The van der Waals surface area contributed by atoms with Crippen molar-refractivity contribution in [3.05, 3.63) is 45.1 Å². The van der Waals surface area contributed by atoms with Crippen LogP contribution in [0.15, 0.2) is 28.1 Å². The molecule has 0 saturated carbocycles. The maximum atomic E-state index is 11.2. The Morgan fingerprint density at radius 1 is 1.25 bits per heavy atom. The summed E-state index contributed by atoms with van der Waals surface area (Å²) in [5.74, 6) is 0.0420. The zero-order valence-electron chi connectivity index (χ0n) is 11.4. The molecule has 1 aromatic carbocycles. The largest absolute Gasteiger partial charge is 0.368 e. The van der Waals surface area contributed by atoms with Crippen LogP contribution in [0.4, 0.5) is 11.6 Å². The Balaban J connectivity index is 2.50. The number of aryl methyl sites for hydroxylation is 3. The molecule has 2 N–H and O–H groups in total. The molecule has 0 aliphatic rings. The standard InChI is InChI=1S/C13H14N4O2S/c1-7-4-5-10(8(2)6-7)20-12-11(17(18)19)9(3)15-13(14)16-12/h4-6H,1-3H3,(H2,14,15,16). The molecule has 104 valence electrons. The molecule has 0 radical (unpaired) electrons. The van der Waals surface area contributed by atoms with E-state index in [1.54, 1.807) is 6.92 Å². The van der Waals surface area contributed by atoms with E-state index in [-0.39, 0.29) is 22.4 Å². The number of benzene rings is 1. The number of hydrogen-bond acceptors (Lipinski definition) is 6. The summed E-state index contributed by atoms with van der Waals surface area (Å²) in [7, 11) is 0. The van der Waals surface area contributed by atoms with E-state index in [0.717, 1.165) is 16.0 Å². The number of rotatable bonds is 3. The number of nitrogens with zero attached hydrogens (tertiary/aromatic N) is 3. The maximum Gasteiger partial charge on any atom is 0.322 e. The third-order valence-electron chi connectivity index (χ3n) is 2.76. The first kappa shape index (κ1) is 14.3. The summed E-state index contributed by atoms with van der Waals surface area (Å²) in [6.45, 7) is 5.51. The number of hydrogen-bond donors (Lipinski definition) is 1. The Morgan fingerprint density at radius 3 is 2.55 bits per heavy atom. The first-order chi connectivity index (χ1) is 9.38. The molecule has 0 amide bonds. The highest BCUT2D eigenvalue weighted by Gasteiger charge is 2.22. The van der Waals surface area contributed by atoms with E-state index in [0.29, 0.717) is 0 Å². The van der Waals surface area contributed by atoms with E-state index in [9.17, 15) is 10.1 Å². The Morgan fingerprint density at radius 2 is 1.95 bits per heavy atom. The van der Waals surface area contributed by atoms with Crippen molar-refractivity contribution in [2.45, 2.75) is 30.7 Å². The van der Waals surface area contributed by atoms with Gasteiger partial charge in [0.1, 0.15) is 5.69 Å². The van der Waals surface area contributed by atoms with Crippen LogP contribution >= 0.6 is 11.8 Å². The molecule has 0 aliphatic carbocycles. The van der Waals surface area contributed by atoms with Crippen LogP contribution in [-0.4, -0.2) is 14.9 Å². The van der Waals surface area contributed by atoms with E-state index in [2.05, 4.69) is 9.97 Å². The van der Waals surface area contributed by atoms with Crippen molar-refractivity contribution >= 4 is 23.4 Å². The van der Waals surface area contributed by atoms with Gasteiger partial charge in [-0.25, -0.2) is 4.98 Å². The fraction of sp³-hybridized carbons (Fsp3) is 0.231. The van der Waals surface area contributed by atoms with Crippen molar-refractivity contribution in [1.29, 1.82) is 0 Å². The van der Waals surface area contributed by atoms with Gasteiger partial charge in [0, 0.05) is 4.90 Å². The van der Waals surface area contributed by atoms with Gasteiger partial charge < -0.3 is 5.73 Å². The van der Waals surface area contributed by atoms with E-state index >= 15 is 0 Å². The predicted octanol–water partition coefficient (Wildman–Crippen LogP) is 3.04. The van der Waals surface area contributed by atoms with Gasteiger partial charge in [-0.05, 0) is 32.4 Å². The Bertz CT molecular complexity index is 688. The molecule has 0 fully saturated rings. The Hall–Kier alpha value is -2.15. The van der Waals surface area contributed by atoms with E-state index in [1.165, 1.54) is 11.8 Å². The summed E-state index contributed by atoms with van der Waals surface area (Å²) in [6, 6.07) is 5.90. The number of anilines is 1. The molecule has 0 saturated heterocycles. The molecule has 0 spiro atoms. The molecule has 2 rings (SSSR count). The molecule has 6 nitrogen and oxygen atoms in total. The molecule has 0 bridgehead atoms. The van der Waals surface area contributed by atoms with Crippen molar-refractivity contribution in [3.63, 3.8) is 0 Å². The topological polar surface area (TPSA) is 94.9 Å². The zero-order chi connectivity index (χ0) is 14.9. The van der Waals surface area contributed by atoms with Crippen LogP contribution in [0, 0.1) is 30.9 Å². The van der Waals surface area contributed by atoms with Gasteiger partial charge >= 0.3 is 5.69 Å². The first-order valence-corrected chi connectivity index (χ1v) is 6.73. The lowest BCUT2D eigenvalue weighted by Gasteiger charge is -2.08. The SMILES string of the molecule is Cc1ccc(Sc2nc(N)nc(C)c2[N+](=O)[O-])c(C)c1. The minimum absolute atomic E-state index is 0.0420. The van der Waals surface area contributed by atoms with Gasteiger partial charge in [-0.15, -0.1) is 0 Å². The quantitative estimate of drug-likeness (QED) is 0.530. The van der Waals surface area contributed by atoms with Gasteiger partial charge in [0.15, 0.2) is 5.03 Å². The monoisotopic (exact) mass is 290 g/mol. The highest BCUT2D eigenvalue weighted by molar-refractivity contribution is 7.99. The highest BCUT2D eigenvalue weighted by Crippen LogP contribution is 2.36. The van der Waals surface area contributed by atoms with Crippen LogP contribution in [0.3, 0.4) is 0 Å². The number of nitrogens with two attached hydrogens (primary N) is 1. The van der Waals surface area contributed by atoms with Gasteiger partial charge in [0.05, 0.1) is 4.92 Å². The van der Waals surface area contributed by atoms with Crippen LogP contribution in [0.25, 0.3) is 0 Å². The van der Waals surface area contributed by atoms with Crippen LogP contribution in [0.5, 0.6) is 0 Å². The molecular formula is C13H14N4O2S. The molecule has 1 heterocycles. The predicted molar refractivity (Wildman–Crippen MR) is 77.9 cm³/mol. The summed E-state index contributed by atoms with van der Waals surface area (Å²) in [4.78, 5) is 19.4. The van der Waals surface area contributed by atoms with Crippen LogP contribution in [0.1, 0.15) is 16.8 Å². The highest BCUT2D eigenvalue weighted by atomic mass is 32.2. The summed E-state index contributed by atoms with van der Waals surface area (Å²) in [5.41, 5.74) is 7.95. The average Bonchev–Trinajstić information content (AvgIpc) is 2.31. The van der Waals surface area contributed by atoms with Crippen molar-refractivity contribution < 1.29 is 4.92 Å². The fourth-order valence-corrected chi connectivity index (χ4v) is 2.88. The van der Waals surface area contributed by atoms with E-state index < -0.39 is 4.92 Å². The van der Waals surface area contributed by atoms with Crippen molar-refractivity contribution in [2.24, 2.45) is 0 Å². The van der Waals surface area contributed by atoms with Gasteiger partial charge in [0.25, 0.3) is 0 Å². The molecule has 20 heavy (non-hydrogen) atoms. The number of aromatic nitrogens is 2. The summed E-state index contributed by atoms with van der Waals surface area (Å²) >= 11 is 1.23. The molecule has 1 aromatic heterocycles. The molecular weight excluding hydrogens is 276 g/mol. The lowest BCUT2D eigenvalue weighted by molar-refractivity contribution is -0.389. The van der Waals surface area contributed by atoms with Crippen molar-refractivity contribution in [2.75, 3.05) is 5.73 Å². The molecule has 0 aliphatic heterocycles. The van der Waals surface area contributed by atoms with Gasteiger partial charge in [-0.1, -0.05) is 29.5 Å². The second kappa shape index (κ2) is 5.46. The Kier molecular flexibility index (Phi) is 3.89. The second-order valence-electron chi connectivity index (χ2n) is 4.45. The van der Waals surface area contributed by atoms with Crippen LogP contribution < -0.4 is 5.73 Å². The van der Waals surface area contributed by atoms with Gasteiger partial charge in [-0.2, -0.15) is 4.98 Å². The third-order valence-corrected chi connectivity index (χ3v) is 3.92. The number of nitrogen functional groups attached to an aromatic ring is 1. The lowest BCUT2D eigenvalue weighted by atomic mass is 10.2. The van der Waals surface area contributed by atoms with Crippen LogP contribution in [0.2, 0.25) is 0 Å². The smallest absolute Gasteiger partial charge is 0.322 e. The fourth-order valence-electron chi connectivity index (χ4n) is 1.86. The second-order valence-corrected chi connectivity index (χ2v) is 5.48. The van der Waals surface area contributed by atoms with Gasteiger partial charge in [-0.3, -0.25) is 10.1 Å². The normalized spacial score (nSPS) is 10.6. The molecule has 0 atom stereocenters. The minimum atomic E-state index is -0.472. The van der Waals surface area contributed by atoms with Crippen LogP contribution in [-0.2, 0) is 0 Å². The van der Waals surface area contributed by atoms with Crippen molar-refractivity contribution in [3.8, 4) is 0 Å². The number of nitro groups is 1. The maximum absolute atomic E-state index is 11.2. The first-order valence-electron chi connectivity index (χ1n) is 5.92. The minimum Gasteiger partial charge on any atom is -0.368 e. The lowest BCUT2D eigenvalue weighted by Crippen LogP contribution is -2.04. The van der Waals surface area contributed by atoms with Crippen molar-refractivity contribution in [1.82, 2.24) is 9.97 Å². The Labute approximate surface area is 120 Å². The van der Waals surface area contributed by atoms with Gasteiger partial charge in [0.2, 0.25) is 5.95 Å². The van der Waals surface area contributed by atoms with E-state index in [4.69, 9.17) is 5.73 Å².